The minimum absolute atomic E-state index is 0.0780. The number of methoxy groups -OCH3 is 1. The maximum Gasteiger partial charge on any atom is 0.118 e. The lowest BCUT2D eigenvalue weighted by atomic mass is 9.90. The van der Waals surface area contributed by atoms with Gasteiger partial charge in [-0.3, -0.25) is 0 Å². The summed E-state index contributed by atoms with van der Waals surface area (Å²) in [5.74, 6) is 1.41. The van der Waals surface area contributed by atoms with E-state index in [-0.39, 0.29) is 6.10 Å². The number of benzene rings is 1. The second kappa shape index (κ2) is 6.79. The molecule has 0 aliphatic heterocycles. The molecule has 0 amide bonds. The van der Waals surface area contributed by atoms with Crippen LogP contribution in [-0.2, 0) is 6.42 Å². The molecule has 2 rings (SSSR count). The summed E-state index contributed by atoms with van der Waals surface area (Å²) >= 11 is 0. The van der Waals surface area contributed by atoms with Gasteiger partial charge in [-0.25, -0.2) is 0 Å². The van der Waals surface area contributed by atoms with Crippen LogP contribution in [0.3, 0.4) is 0 Å². The van der Waals surface area contributed by atoms with Crippen molar-refractivity contribution in [3.8, 4) is 5.75 Å². The van der Waals surface area contributed by atoms with Gasteiger partial charge in [0.15, 0.2) is 0 Å². The summed E-state index contributed by atoms with van der Waals surface area (Å²) in [5.41, 5.74) is 1.34. The molecule has 100 valence electrons. The third-order valence-electron chi connectivity index (χ3n) is 4.08. The molecule has 1 saturated carbocycles. The van der Waals surface area contributed by atoms with Crippen LogP contribution >= 0.6 is 0 Å². The number of aryl methyl sites for hydroxylation is 1. The maximum absolute atomic E-state index is 10.1. The van der Waals surface area contributed by atoms with Crippen molar-refractivity contribution in [3.05, 3.63) is 29.8 Å². The Balaban J connectivity index is 1.85. The van der Waals surface area contributed by atoms with Gasteiger partial charge in [0.1, 0.15) is 5.75 Å². The minimum atomic E-state index is -0.0780. The van der Waals surface area contributed by atoms with Gasteiger partial charge in [0.2, 0.25) is 0 Å². The largest absolute Gasteiger partial charge is 0.497 e. The van der Waals surface area contributed by atoms with Gasteiger partial charge in [-0.2, -0.15) is 0 Å². The molecule has 2 heteroatoms. The standard InChI is InChI=1S/C16H24O2/c1-18-15-11-8-13(9-12-15)7-10-14-5-3-2-4-6-16(14)17/h8-9,11-12,14,16-17H,2-7,10H2,1H3. The average molecular weight is 248 g/mol. The number of rotatable bonds is 4. The molecule has 2 atom stereocenters. The number of aliphatic hydroxyl groups excluding tert-OH is 1. The van der Waals surface area contributed by atoms with Crippen LogP contribution in [-0.4, -0.2) is 18.3 Å². The lowest BCUT2D eigenvalue weighted by Crippen LogP contribution is -2.19. The molecular weight excluding hydrogens is 224 g/mol. The van der Waals surface area contributed by atoms with Crippen LogP contribution in [0.15, 0.2) is 24.3 Å². The first-order valence-corrected chi connectivity index (χ1v) is 7.10. The van der Waals surface area contributed by atoms with Crippen LogP contribution in [0.2, 0.25) is 0 Å². The molecule has 0 spiro atoms. The zero-order valence-electron chi connectivity index (χ0n) is 11.3. The molecule has 18 heavy (non-hydrogen) atoms. The average Bonchev–Trinajstić information content (AvgIpc) is 2.62. The van der Waals surface area contributed by atoms with Crippen molar-refractivity contribution in [2.75, 3.05) is 7.11 Å². The fraction of sp³-hybridized carbons (Fsp3) is 0.625. The van der Waals surface area contributed by atoms with E-state index >= 15 is 0 Å². The van der Waals surface area contributed by atoms with Gasteiger partial charge in [-0.15, -0.1) is 0 Å². The molecule has 1 fully saturated rings. The number of ether oxygens (including phenoxy) is 1. The quantitative estimate of drug-likeness (QED) is 0.825. The van der Waals surface area contributed by atoms with Crippen molar-refractivity contribution in [1.82, 2.24) is 0 Å². The Bertz CT molecular complexity index is 345. The highest BCUT2D eigenvalue weighted by Gasteiger charge is 2.21. The van der Waals surface area contributed by atoms with Crippen molar-refractivity contribution in [3.63, 3.8) is 0 Å². The Morgan fingerprint density at radius 2 is 1.83 bits per heavy atom. The molecule has 0 bridgehead atoms. The Morgan fingerprint density at radius 3 is 2.56 bits per heavy atom. The number of hydrogen-bond acceptors (Lipinski definition) is 2. The topological polar surface area (TPSA) is 29.5 Å². The molecule has 1 aliphatic rings. The van der Waals surface area contributed by atoms with Crippen LogP contribution < -0.4 is 4.74 Å². The van der Waals surface area contributed by atoms with E-state index in [1.807, 2.05) is 12.1 Å². The second-order valence-corrected chi connectivity index (χ2v) is 5.35. The lowest BCUT2D eigenvalue weighted by molar-refractivity contribution is 0.0960. The van der Waals surface area contributed by atoms with Gasteiger partial charge in [0.25, 0.3) is 0 Å². The Morgan fingerprint density at radius 1 is 1.11 bits per heavy atom. The summed E-state index contributed by atoms with van der Waals surface area (Å²) in [6.07, 6.45) is 8.04. The summed E-state index contributed by atoms with van der Waals surface area (Å²) in [4.78, 5) is 0. The highest BCUT2D eigenvalue weighted by Crippen LogP contribution is 2.27. The van der Waals surface area contributed by atoms with Crippen LogP contribution in [0.25, 0.3) is 0 Å². The van der Waals surface area contributed by atoms with Gasteiger partial charge in [0, 0.05) is 0 Å². The second-order valence-electron chi connectivity index (χ2n) is 5.35. The number of aliphatic hydroxyl groups is 1. The first kappa shape index (κ1) is 13.4. The van der Waals surface area contributed by atoms with Gasteiger partial charge in [0.05, 0.1) is 13.2 Å². The fourth-order valence-corrected chi connectivity index (χ4v) is 2.85. The van der Waals surface area contributed by atoms with Crippen molar-refractivity contribution in [2.45, 2.75) is 51.0 Å². The van der Waals surface area contributed by atoms with E-state index < -0.39 is 0 Å². The minimum Gasteiger partial charge on any atom is -0.497 e. The van der Waals surface area contributed by atoms with E-state index in [1.165, 1.54) is 31.2 Å². The smallest absolute Gasteiger partial charge is 0.118 e. The molecule has 2 unspecified atom stereocenters. The van der Waals surface area contributed by atoms with Crippen LogP contribution in [0, 0.1) is 5.92 Å². The zero-order valence-corrected chi connectivity index (χ0v) is 11.3. The molecule has 0 saturated heterocycles. The molecule has 0 radical (unpaired) electrons. The van der Waals surface area contributed by atoms with Gasteiger partial charge < -0.3 is 9.84 Å². The van der Waals surface area contributed by atoms with Crippen LogP contribution in [0.4, 0.5) is 0 Å². The predicted molar refractivity (Wildman–Crippen MR) is 73.9 cm³/mol. The zero-order chi connectivity index (χ0) is 12.8. The number of hydrogen-bond donors (Lipinski definition) is 1. The fourth-order valence-electron chi connectivity index (χ4n) is 2.85. The van der Waals surface area contributed by atoms with Crippen molar-refractivity contribution in [1.29, 1.82) is 0 Å². The van der Waals surface area contributed by atoms with Gasteiger partial charge in [-0.1, -0.05) is 31.4 Å². The van der Waals surface area contributed by atoms with E-state index in [0.717, 1.165) is 25.0 Å². The highest BCUT2D eigenvalue weighted by atomic mass is 16.5. The van der Waals surface area contributed by atoms with E-state index in [1.54, 1.807) is 7.11 Å². The Hall–Kier alpha value is -1.02. The normalized spacial score (nSPS) is 24.6. The molecule has 0 heterocycles. The predicted octanol–water partition coefficient (Wildman–Crippen LogP) is 3.57. The van der Waals surface area contributed by atoms with Crippen molar-refractivity contribution in [2.24, 2.45) is 5.92 Å². The maximum atomic E-state index is 10.1. The molecule has 1 aliphatic carbocycles. The van der Waals surface area contributed by atoms with E-state index in [9.17, 15) is 5.11 Å². The van der Waals surface area contributed by atoms with Crippen LogP contribution in [0.1, 0.15) is 44.1 Å². The SMILES string of the molecule is COc1ccc(CCC2CCCCCC2O)cc1. The monoisotopic (exact) mass is 248 g/mol. The summed E-state index contributed by atoms with van der Waals surface area (Å²) in [7, 11) is 1.69. The Kier molecular flexibility index (Phi) is 5.06. The van der Waals surface area contributed by atoms with E-state index in [2.05, 4.69) is 12.1 Å². The van der Waals surface area contributed by atoms with E-state index in [0.29, 0.717) is 5.92 Å². The van der Waals surface area contributed by atoms with Crippen LogP contribution in [0.5, 0.6) is 5.75 Å². The summed E-state index contributed by atoms with van der Waals surface area (Å²) in [5, 5.41) is 10.1. The summed E-state index contributed by atoms with van der Waals surface area (Å²) in [6, 6.07) is 8.28. The first-order valence-electron chi connectivity index (χ1n) is 7.10. The van der Waals surface area contributed by atoms with Gasteiger partial charge in [-0.05, 0) is 49.3 Å². The van der Waals surface area contributed by atoms with Crippen molar-refractivity contribution < 1.29 is 9.84 Å². The molecule has 0 aromatic heterocycles. The Labute approximate surface area is 110 Å². The molecule has 2 nitrogen and oxygen atoms in total. The first-order chi connectivity index (χ1) is 8.79. The third-order valence-corrected chi connectivity index (χ3v) is 4.08. The van der Waals surface area contributed by atoms with E-state index in [4.69, 9.17) is 4.74 Å². The lowest BCUT2D eigenvalue weighted by Gasteiger charge is -2.20. The highest BCUT2D eigenvalue weighted by molar-refractivity contribution is 5.27. The molecular formula is C16H24O2. The summed E-state index contributed by atoms with van der Waals surface area (Å²) < 4.78 is 5.16. The van der Waals surface area contributed by atoms with Gasteiger partial charge >= 0.3 is 0 Å². The molecule has 1 N–H and O–H groups in total. The molecule has 1 aromatic carbocycles. The van der Waals surface area contributed by atoms with Crippen molar-refractivity contribution >= 4 is 0 Å². The summed E-state index contributed by atoms with van der Waals surface area (Å²) in [6.45, 7) is 0. The molecule has 1 aromatic rings. The third kappa shape index (κ3) is 3.74.